The first-order valence-corrected chi connectivity index (χ1v) is 11.2. The van der Waals surface area contributed by atoms with Crippen molar-refractivity contribution in [2.45, 2.75) is 31.6 Å². The molecule has 0 spiro atoms. The standard InChI is InChI=1S/C25H24BrNO5/c1-13-21(25(30)32-3)22(16-9-17(26)24(29)20(12-16)31-2)23-18(27-13)10-15(11-19(23)28)14-7-5-4-6-8-14/h4-9,12,15,21-22,29H,10-11H2,1-3H3/t15-,21?,22+/m1/s1. The van der Waals surface area contributed by atoms with E-state index in [9.17, 15) is 14.7 Å². The SMILES string of the molecule is COC(=O)C1C(C)=NC2=C(C(=O)C[C@H](c3ccccc3)C2)[C@H]1c1cc(Br)c(O)c(OC)c1. The van der Waals surface area contributed by atoms with Gasteiger partial charge in [0.05, 0.1) is 18.7 Å². The van der Waals surface area contributed by atoms with Gasteiger partial charge in [-0.2, -0.15) is 0 Å². The van der Waals surface area contributed by atoms with Crippen molar-refractivity contribution in [1.82, 2.24) is 0 Å². The van der Waals surface area contributed by atoms with Crippen LogP contribution in [0.4, 0.5) is 0 Å². The lowest BCUT2D eigenvalue weighted by atomic mass is 9.69. The number of phenolic OH excluding ortho intramolecular Hbond substituents is 1. The van der Waals surface area contributed by atoms with Gasteiger partial charge in [0.1, 0.15) is 5.92 Å². The predicted molar refractivity (Wildman–Crippen MR) is 124 cm³/mol. The van der Waals surface area contributed by atoms with Gasteiger partial charge in [-0.3, -0.25) is 14.6 Å². The van der Waals surface area contributed by atoms with Gasteiger partial charge in [-0.25, -0.2) is 0 Å². The molecule has 0 aromatic heterocycles. The second kappa shape index (κ2) is 8.90. The van der Waals surface area contributed by atoms with Crippen LogP contribution in [0.5, 0.6) is 11.5 Å². The number of phenols is 1. The van der Waals surface area contributed by atoms with Crippen LogP contribution in [0.1, 0.15) is 42.7 Å². The van der Waals surface area contributed by atoms with Crippen LogP contribution in [0.3, 0.4) is 0 Å². The molecule has 0 amide bonds. The molecular formula is C25H24BrNO5. The molecule has 1 N–H and O–H groups in total. The Morgan fingerprint density at radius 1 is 1.12 bits per heavy atom. The first-order chi connectivity index (χ1) is 15.3. The molecule has 7 heteroatoms. The minimum atomic E-state index is -0.739. The van der Waals surface area contributed by atoms with Gasteiger partial charge in [0.15, 0.2) is 17.3 Å². The summed E-state index contributed by atoms with van der Waals surface area (Å²) in [5.74, 6) is -1.55. The largest absolute Gasteiger partial charge is 0.503 e. The molecule has 0 bridgehead atoms. The third-order valence-corrected chi connectivity index (χ3v) is 6.85. The van der Waals surface area contributed by atoms with Gasteiger partial charge >= 0.3 is 5.97 Å². The number of rotatable bonds is 4. The summed E-state index contributed by atoms with van der Waals surface area (Å²) in [6.07, 6.45) is 0.960. The van der Waals surface area contributed by atoms with Crippen LogP contribution in [0.25, 0.3) is 0 Å². The fourth-order valence-corrected chi connectivity index (χ4v) is 5.20. The number of carbonyl (C=O) groups excluding carboxylic acids is 2. The van der Waals surface area contributed by atoms with Crippen molar-refractivity contribution >= 4 is 33.4 Å². The highest BCUT2D eigenvalue weighted by Gasteiger charge is 2.45. The molecular weight excluding hydrogens is 474 g/mol. The summed E-state index contributed by atoms with van der Waals surface area (Å²) in [6.45, 7) is 1.79. The van der Waals surface area contributed by atoms with Crippen LogP contribution in [-0.2, 0) is 14.3 Å². The minimum absolute atomic E-state index is 0.0292. The molecule has 2 aromatic rings. The summed E-state index contributed by atoms with van der Waals surface area (Å²) < 4.78 is 10.8. The molecule has 1 unspecified atom stereocenters. The van der Waals surface area contributed by atoms with Gasteiger partial charge in [-0.15, -0.1) is 0 Å². The van der Waals surface area contributed by atoms with Gasteiger partial charge < -0.3 is 14.6 Å². The molecule has 2 aromatic carbocycles. The van der Waals surface area contributed by atoms with Crippen LogP contribution in [0.2, 0.25) is 0 Å². The molecule has 4 rings (SSSR count). The van der Waals surface area contributed by atoms with E-state index < -0.39 is 17.8 Å². The Hall–Kier alpha value is -2.93. The van der Waals surface area contributed by atoms with Crippen molar-refractivity contribution in [1.29, 1.82) is 0 Å². The smallest absolute Gasteiger partial charge is 0.315 e. The molecule has 2 aliphatic rings. The number of nitrogens with zero attached hydrogens (tertiary/aromatic N) is 1. The topological polar surface area (TPSA) is 85.2 Å². The fraction of sp³-hybridized carbons (Fsp3) is 0.320. The van der Waals surface area contributed by atoms with E-state index in [4.69, 9.17) is 14.5 Å². The van der Waals surface area contributed by atoms with E-state index in [0.29, 0.717) is 39.9 Å². The Balaban J connectivity index is 1.87. The Kier molecular flexibility index (Phi) is 6.20. The van der Waals surface area contributed by atoms with E-state index in [-0.39, 0.29) is 23.2 Å². The lowest BCUT2D eigenvalue weighted by Gasteiger charge is -2.36. The minimum Gasteiger partial charge on any atom is -0.503 e. The lowest BCUT2D eigenvalue weighted by Crippen LogP contribution is -2.37. The zero-order chi connectivity index (χ0) is 23.0. The van der Waals surface area contributed by atoms with Crippen LogP contribution in [0, 0.1) is 5.92 Å². The first-order valence-electron chi connectivity index (χ1n) is 10.4. The number of aromatic hydroxyl groups is 1. The Morgan fingerprint density at radius 2 is 1.84 bits per heavy atom. The zero-order valence-corrected chi connectivity index (χ0v) is 19.7. The van der Waals surface area contributed by atoms with Crippen molar-refractivity contribution in [3.63, 3.8) is 0 Å². The normalized spacial score (nSPS) is 22.8. The number of allylic oxidation sites excluding steroid dienone is 2. The number of methoxy groups -OCH3 is 2. The number of hydrogen-bond donors (Lipinski definition) is 1. The summed E-state index contributed by atoms with van der Waals surface area (Å²) >= 11 is 3.36. The van der Waals surface area contributed by atoms with Crippen LogP contribution >= 0.6 is 15.9 Å². The summed E-state index contributed by atoms with van der Waals surface area (Å²) in [7, 11) is 2.79. The quantitative estimate of drug-likeness (QED) is 0.606. The zero-order valence-electron chi connectivity index (χ0n) is 18.1. The van der Waals surface area contributed by atoms with E-state index >= 15 is 0 Å². The number of ether oxygens (including phenoxy) is 2. The number of Topliss-reactive ketones (excluding diaryl/α,β-unsaturated/α-hetero) is 1. The van der Waals surface area contributed by atoms with Gasteiger partial charge in [0, 0.05) is 29.3 Å². The average Bonchev–Trinajstić information content (AvgIpc) is 2.79. The van der Waals surface area contributed by atoms with E-state index in [1.807, 2.05) is 30.3 Å². The maximum absolute atomic E-state index is 13.5. The van der Waals surface area contributed by atoms with E-state index in [0.717, 1.165) is 5.56 Å². The second-order valence-electron chi connectivity index (χ2n) is 8.08. The number of benzene rings is 2. The third kappa shape index (κ3) is 3.86. The predicted octanol–water partition coefficient (Wildman–Crippen LogP) is 4.91. The Morgan fingerprint density at radius 3 is 2.50 bits per heavy atom. The summed E-state index contributed by atoms with van der Waals surface area (Å²) in [4.78, 5) is 31.0. The number of hydrogen-bond acceptors (Lipinski definition) is 6. The van der Waals surface area contributed by atoms with Gasteiger partial charge in [-0.1, -0.05) is 30.3 Å². The molecule has 32 heavy (non-hydrogen) atoms. The Labute approximate surface area is 195 Å². The van der Waals surface area contributed by atoms with Crippen LogP contribution in [0.15, 0.2) is 63.2 Å². The van der Waals surface area contributed by atoms with E-state index in [2.05, 4.69) is 15.9 Å². The molecule has 0 radical (unpaired) electrons. The molecule has 1 aliphatic heterocycles. The summed E-state index contributed by atoms with van der Waals surface area (Å²) in [5.41, 5.74) is 3.63. The molecule has 0 saturated heterocycles. The monoisotopic (exact) mass is 497 g/mol. The molecule has 3 atom stereocenters. The summed E-state index contributed by atoms with van der Waals surface area (Å²) in [6, 6.07) is 13.3. The van der Waals surface area contributed by atoms with Crippen molar-refractivity contribution in [3.8, 4) is 11.5 Å². The second-order valence-corrected chi connectivity index (χ2v) is 8.94. The molecule has 0 fully saturated rings. The fourth-order valence-electron chi connectivity index (χ4n) is 4.74. The van der Waals surface area contributed by atoms with Gasteiger partial charge in [0.25, 0.3) is 0 Å². The number of halogens is 1. The Bertz CT molecular complexity index is 1140. The highest BCUT2D eigenvalue weighted by molar-refractivity contribution is 9.10. The highest BCUT2D eigenvalue weighted by Crippen LogP contribution is 2.49. The number of ketones is 1. The number of aliphatic imine (C=N–C) groups is 1. The van der Waals surface area contributed by atoms with E-state index in [1.165, 1.54) is 14.2 Å². The van der Waals surface area contributed by atoms with Crippen molar-refractivity contribution in [2.24, 2.45) is 10.9 Å². The maximum atomic E-state index is 13.5. The van der Waals surface area contributed by atoms with Gasteiger partial charge in [0.2, 0.25) is 0 Å². The number of carbonyl (C=O) groups is 2. The van der Waals surface area contributed by atoms with Crippen LogP contribution in [-0.4, -0.2) is 36.8 Å². The first kappa shape index (κ1) is 22.3. The number of esters is 1. The van der Waals surface area contributed by atoms with Crippen molar-refractivity contribution < 1.29 is 24.2 Å². The molecule has 1 heterocycles. The average molecular weight is 498 g/mol. The summed E-state index contributed by atoms with van der Waals surface area (Å²) in [5, 5.41) is 10.3. The van der Waals surface area contributed by atoms with Crippen LogP contribution < -0.4 is 4.74 Å². The maximum Gasteiger partial charge on any atom is 0.315 e. The van der Waals surface area contributed by atoms with Gasteiger partial charge in [-0.05, 0) is 58.5 Å². The van der Waals surface area contributed by atoms with Crippen molar-refractivity contribution in [2.75, 3.05) is 14.2 Å². The molecule has 166 valence electrons. The van der Waals surface area contributed by atoms with Crippen molar-refractivity contribution in [3.05, 3.63) is 69.3 Å². The lowest BCUT2D eigenvalue weighted by molar-refractivity contribution is -0.143. The highest BCUT2D eigenvalue weighted by atomic mass is 79.9. The molecule has 6 nitrogen and oxygen atoms in total. The third-order valence-electron chi connectivity index (χ3n) is 6.24. The molecule has 0 saturated carbocycles. The van der Waals surface area contributed by atoms with E-state index in [1.54, 1.807) is 19.1 Å². The molecule has 1 aliphatic carbocycles.